The third-order valence-corrected chi connectivity index (χ3v) is 4.51. The van der Waals surface area contributed by atoms with Gasteiger partial charge in [0.15, 0.2) is 0 Å². The molecule has 0 aromatic heterocycles. The fourth-order valence-electron chi connectivity index (χ4n) is 1.56. The number of aryl methyl sites for hydroxylation is 2. The van der Waals surface area contributed by atoms with E-state index in [9.17, 15) is 8.42 Å². The molecule has 0 saturated carbocycles. The number of rotatable bonds is 3. The molecule has 0 aliphatic rings. The van der Waals surface area contributed by atoms with Gasteiger partial charge in [0.05, 0.1) is 0 Å². The van der Waals surface area contributed by atoms with Crippen molar-refractivity contribution in [2.45, 2.75) is 18.7 Å². The summed E-state index contributed by atoms with van der Waals surface area (Å²) >= 11 is 3.27. The van der Waals surface area contributed by atoms with Gasteiger partial charge in [-0.25, -0.2) is 0 Å². The molecule has 2 rings (SSSR count). The first-order chi connectivity index (χ1) is 8.88. The van der Waals surface area contributed by atoms with E-state index in [1.807, 2.05) is 13.8 Å². The molecular formula is C14H13BrO3S. The van der Waals surface area contributed by atoms with Crippen LogP contribution in [0.3, 0.4) is 0 Å². The third kappa shape index (κ3) is 3.36. The molecule has 19 heavy (non-hydrogen) atoms. The zero-order valence-corrected chi connectivity index (χ0v) is 13.0. The second-order valence-electron chi connectivity index (χ2n) is 4.24. The minimum atomic E-state index is -3.79. The van der Waals surface area contributed by atoms with E-state index in [-0.39, 0.29) is 10.6 Å². The lowest BCUT2D eigenvalue weighted by Gasteiger charge is -2.08. The van der Waals surface area contributed by atoms with Gasteiger partial charge in [-0.05, 0) is 55.3 Å². The first-order valence-corrected chi connectivity index (χ1v) is 7.86. The summed E-state index contributed by atoms with van der Waals surface area (Å²) in [7, 11) is -3.79. The van der Waals surface area contributed by atoms with Gasteiger partial charge in [0, 0.05) is 4.47 Å². The maximum atomic E-state index is 12.1. The first-order valence-electron chi connectivity index (χ1n) is 5.66. The summed E-state index contributed by atoms with van der Waals surface area (Å²) in [5.74, 6) is 0.285. The third-order valence-electron chi connectivity index (χ3n) is 2.77. The SMILES string of the molecule is Cc1ccc(S(=O)(=O)Oc2cccc(Br)c2)cc1C. The van der Waals surface area contributed by atoms with E-state index in [0.29, 0.717) is 0 Å². The zero-order chi connectivity index (χ0) is 14.0. The Labute approximate surface area is 121 Å². The molecule has 100 valence electrons. The summed E-state index contributed by atoms with van der Waals surface area (Å²) in [6.45, 7) is 3.80. The predicted octanol–water partition coefficient (Wildman–Crippen LogP) is 3.83. The van der Waals surface area contributed by atoms with Crippen LogP contribution in [0, 0.1) is 13.8 Å². The van der Waals surface area contributed by atoms with Crippen LogP contribution in [-0.4, -0.2) is 8.42 Å². The van der Waals surface area contributed by atoms with Crippen LogP contribution in [0.1, 0.15) is 11.1 Å². The summed E-state index contributed by atoms with van der Waals surface area (Å²) in [6, 6.07) is 11.7. The Morgan fingerprint density at radius 2 is 1.74 bits per heavy atom. The lowest BCUT2D eigenvalue weighted by atomic mass is 10.1. The van der Waals surface area contributed by atoms with Gasteiger partial charge >= 0.3 is 10.1 Å². The van der Waals surface area contributed by atoms with Gasteiger partial charge in [0.1, 0.15) is 10.6 Å². The maximum Gasteiger partial charge on any atom is 0.339 e. The molecule has 0 aliphatic heterocycles. The minimum Gasteiger partial charge on any atom is -0.379 e. The highest BCUT2D eigenvalue weighted by Gasteiger charge is 2.17. The quantitative estimate of drug-likeness (QED) is 0.797. The minimum absolute atomic E-state index is 0.163. The standard InChI is InChI=1S/C14H13BrO3S/c1-10-6-7-14(8-11(10)2)19(16,17)18-13-5-3-4-12(15)9-13/h3-9H,1-2H3. The van der Waals surface area contributed by atoms with Crippen molar-refractivity contribution in [3.05, 3.63) is 58.1 Å². The van der Waals surface area contributed by atoms with Crippen molar-refractivity contribution in [3.63, 3.8) is 0 Å². The van der Waals surface area contributed by atoms with Crippen LogP contribution in [0.2, 0.25) is 0 Å². The van der Waals surface area contributed by atoms with E-state index in [4.69, 9.17) is 4.18 Å². The Kier molecular flexibility index (Phi) is 3.96. The molecule has 0 N–H and O–H groups in total. The average molecular weight is 341 g/mol. The molecular weight excluding hydrogens is 328 g/mol. The fraction of sp³-hybridized carbons (Fsp3) is 0.143. The van der Waals surface area contributed by atoms with E-state index in [1.54, 1.807) is 42.5 Å². The first kappa shape index (κ1) is 14.1. The van der Waals surface area contributed by atoms with Gasteiger partial charge in [0.2, 0.25) is 0 Å². The molecule has 0 radical (unpaired) electrons. The van der Waals surface area contributed by atoms with Crippen molar-refractivity contribution in [2.24, 2.45) is 0 Å². The van der Waals surface area contributed by atoms with Gasteiger partial charge in [-0.15, -0.1) is 0 Å². The van der Waals surface area contributed by atoms with Crippen molar-refractivity contribution in [3.8, 4) is 5.75 Å². The summed E-state index contributed by atoms with van der Waals surface area (Å²) in [4.78, 5) is 0.163. The number of halogens is 1. The van der Waals surface area contributed by atoms with Crippen molar-refractivity contribution < 1.29 is 12.6 Å². The molecule has 5 heteroatoms. The highest BCUT2D eigenvalue weighted by molar-refractivity contribution is 9.10. The molecule has 3 nitrogen and oxygen atoms in total. The molecule has 0 unspecified atom stereocenters. The molecule has 0 spiro atoms. The smallest absolute Gasteiger partial charge is 0.339 e. The lowest BCUT2D eigenvalue weighted by molar-refractivity contribution is 0.486. The van der Waals surface area contributed by atoms with Gasteiger partial charge in [-0.1, -0.05) is 28.1 Å². The van der Waals surface area contributed by atoms with Crippen molar-refractivity contribution in [1.82, 2.24) is 0 Å². The van der Waals surface area contributed by atoms with Crippen LogP contribution in [0.4, 0.5) is 0 Å². The summed E-state index contributed by atoms with van der Waals surface area (Å²) in [5.41, 5.74) is 1.96. The van der Waals surface area contributed by atoms with Crippen LogP contribution < -0.4 is 4.18 Å². The monoisotopic (exact) mass is 340 g/mol. The Bertz CT molecular complexity index is 708. The number of hydrogen-bond donors (Lipinski definition) is 0. The maximum absolute atomic E-state index is 12.1. The molecule has 0 saturated heterocycles. The topological polar surface area (TPSA) is 43.4 Å². The van der Waals surface area contributed by atoms with Crippen LogP contribution >= 0.6 is 15.9 Å². The highest BCUT2D eigenvalue weighted by Crippen LogP contribution is 2.23. The van der Waals surface area contributed by atoms with Crippen molar-refractivity contribution in [1.29, 1.82) is 0 Å². The Morgan fingerprint density at radius 3 is 2.37 bits per heavy atom. The second-order valence-corrected chi connectivity index (χ2v) is 6.70. The molecule has 0 aliphatic carbocycles. The summed E-state index contributed by atoms with van der Waals surface area (Å²) in [6.07, 6.45) is 0. The Morgan fingerprint density at radius 1 is 1.00 bits per heavy atom. The molecule has 2 aromatic carbocycles. The van der Waals surface area contributed by atoms with Gasteiger partial charge in [-0.2, -0.15) is 8.42 Å². The van der Waals surface area contributed by atoms with E-state index >= 15 is 0 Å². The van der Waals surface area contributed by atoms with E-state index in [0.717, 1.165) is 15.6 Å². The van der Waals surface area contributed by atoms with Crippen molar-refractivity contribution in [2.75, 3.05) is 0 Å². The van der Waals surface area contributed by atoms with Crippen LogP contribution in [0.5, 0.6) is 5.75 Å². The number of hydrogen-bond acceptors (Lipinski definition) is 3. The number of benzene rings is 2. The van der Waals surface area contributed by atoms with Gasteiger partial charge < -0.3 is 4.18 Å². The van der Waals surface area contributed by atoms with E-state index < -0.39 is 10.1 Å². The van der Waals surface area contributed by atoms with Crippen molar-refractivity contribution >= 4 is 26.0 Å². The zero-order valence-electron chi connectivity index (χ0n) is 10.6. The van der Waals surface area contributed by atoms with E-state index in [1.165, 1.54) is 0 Å². The normalized spacial score (nSPS) is 11.3. The lowest BCUT2D eigenvalue weighted by Crippen LogP contribution is -2.10. The largest absolute Gasteiger partial charge is 0.379 e. The predicted molar refractivity (Wildman–Crippen MR) is 77.9 cm³/mol. The average Bonchev–Trinajstić information content (AvgIpc) is 2.32. The summed E-state index contributed by atoms with van der Waals surface area (Å²) < 4.78 is 30.1. The Balaban J connectivity index is 2.35. The van der Waals surface area contributed by atoms with E-state index in [2.05, 4.69) is 15.9 Å². The van der Waals surface area contributed by atoms with Crippen LogP contribution in [0.25, 0.3) is 0 Å². The molecule has 0 heterocycles. The van der Waals surface area contributed by atoms with Gasteiger partial charge in [0.25, 0.3) is 0 Å². The second kappa shape index (κ2) is 5.35. The molecule has 0 amide bonds. The van der Waals surface area contributed by atoms with Gasteiger partial charge in [-0.3, -0.25) is 0 Å². The van der Waals surface area contributed by atoms with Crippen LogP contribution in [-0.2, 0) is 10.1 Å². The Hall–Kier alpha value is -1.33. The molecule has 0 atom stereocenters. The summed E-state index contributed by atoms with van der Waals surface area (Å²) in [5, 5.41) is 0. The fourth-order valence-corrected chi connectivity index (χ4v) is 2.95. The molecule has 2 aromatic rings. The van der Waals surface area contributed by atoms with Crippen LogP contribution in [0.15, 0.2) is 51.8 Å². The molecule has 0 bridgehead atoms. The highest BCUT2D eigenvalue weighted by atomic mass is 79.9. The molecule has 0 fully saturated rings.